The van der Waals surface area contributed by atoms with E-state index in [1.165, 1.54) is 7.11 Å². The fourth-order valence-electron chi connectivity index (χ4n) is 7.02. The molecule has 0 radical (unpaired) electrons. The van der Waals surface area contributed by atoms with Crippen LogP contribution in [0.4, 0.5) is 0 Å². The highest BCUT2D eigenvalue weighted by atomic mass is 28.4. The second-order valence-electron chi connectivity index (χ2n) is 14.0. The Bertz CT molecular complexity index is 776. The van der Waals surface area contributed by atoms with Crippen molar-refractivity contribution in [2.75, 3.05) is 13.7 Å². The van der Waals surface area contributed by atoms with E-state index in [0.717, 1.165) is 5.57 Å². The first-order chi connectivity index (χ1) is 16.3. The lowest BCUT2D eigenvalue weighted by molar-refractivity contribution is -0.153. The molecule has 0 aliphatic heterocycles. The maximum atomic E-state index is 13.3. The number of fused-ring (bicyclic) bond motifs is 1. The summed E-state index contributed by atoms with van der Waals surface area (Å²) in [6, 6.07) is 0. The molecule has 0 bridgehead atoms. The molecule has 0 unspecified atom stereocenters. The SMILES string of the molecule is COC(=O)[C@H]1[C@@H]2[C@H](O)[C@H](C)[C@@H](O[Si](C(C)C)(C(C)C)C(C)C)[C@H]2C=C(C)[C@H]1CO[Si](C)(C)C(C)(C)C. The van der Waals surface area contributed by atoms with Crippen LogP contribution in [-0.4, -0.2) is 53.6 Å². The van der Waals surface area contributed by atoms with E-state index in [0.29, 0.717) is 23.2 Å². The predicted molar refractivity (Wildman–Crippen MR) is 154 cm³/mol. The van der Waals surface area contributed by atoms with Crippen molar-refractivity contribution in [1.82, 2.24) is 0 Å². The van der Waals surface area contributed by atoms with Gasteiger partial charge in [0.1, 0.15) is 0 Å². The Labute approximate surface area is 224 Å². The highest BCUT2D eigenvalue weighted by Gasteiger charge is 2.59. The average Bonchev–Trinajstić information content (AvgIpc) is 2.97. The van der Waals surface area contributed by atoms with Crippen LogP contribution in [0.25, 0.3) is 0 Å². The molecule has 0 heterocycles. The molecule has 210 valence electrons. The Morgan fingerprint density at radius 1 is 1.06 bits per heavy atom. The average molecular weight is 541 g/mol. The van der Waals surface area contributed by atoms with E-state index in [2.05, 4.69) is 95.3 Å². The van der Waals surface area contributed by atoms with Crippen molar-refractivity contribution < 1.29 is 23.5 Å². The van der Waals surface area contributed by atoms with Gasteiger partial charge in [-0.1, -0.05) is 80.9 Å². The van der Waals surface area contributed by atoms with Crippen LogP contribution in [0.2, 0.25) is 34.8 Å². The van der Waals surface area contributed by atoms with E-state index >= 15 is 0 Å². The third-order valence-corrected chi connectivity index (χ3v) is 20.7. The normalized spacial score (nSPS) is 31.7. The van der Waals surface area contributed by atoms with Crippen LogP contribution in [0, 0.1) is 29.6 Å². The first kappa shape index (κ1) is 31.7. The van der Waals surface area contributed by atoms with Crippen LogP contribution in [-0.2, 0) is 18.4 Å². The van der Waals surface area contributed by atoms with Gasteiger partial charge in [-0.05, 0) is 41.7 Å². The molecular weight excluding hydrogens is 484 g/mol. The van der Waals surface area contributed by atoms with Crippen molar-refractivity contribution in [3.63, 3.8) is 0 Å². The summed E-state index contributed by atoms with van der Waals surface area (Å²) in [5.74, 6) is -1.07. The summed E-state index contributed by atoms with van der Waals surface area (Å²) in [5.41, 5.74) is 2.52. The van der Waals surface area contributed by atoms with Gasteiger partial charge in [-0.25, -0.2) is 0 Å². The minimum Gasteiger partial charge on any atom is -0.469 e. The molecular formula is C29H56O5Si2. The molecule has 1 N–H and O–H groups in total. The Hall–Kier alpha value is -0.476. The molecule has 0 aromatic rings. The van der Waals surface area contributed by atoms with Gasteiger partial charge in [0.2, 0.25) is 8.32 Å². The number of esters is 1. The van der Waals surface area contributed by atoms with Gasteiger partial charge in [0.25, 0.3) is 0 Å². The Balaban J connectivity index is 2.52. The molecule has 0 aromatic carbocycles. The molecule has 1 fully saturated rings. The number of aliphatic hydroxyl groups is 1. The molecule has 7 atom stereocenters. The number of carbonyl (C=O) groups excluding carboxylic acids is 1. The van der Waals surface area contributed by atoms with E-state index < -0.39 is 28.7 Å². The Morgan fingerprint density at radius 2 is 1.56 bits per heavy atom. The first-order valence-electron chi connectivity index (χ1n) is 14.1. The molecule has 36 heavy (non-hydrogen) atoms. The highest BCUT2D eigenvalue weighted by molar-refractivity contribution is 6.77. The van der Waals surface area contributed by atoms with Crippen LogP contribution in [0.3, 0.4) is 0 Å². The van der Waals surface area contributed by atoms with Crippen LogP contribution in [0.15, 0.2) is 11.6 Å². The van der Waals surface area contributed by atoms with Crippen molar-refractivity contribution in [2.24, 2.45) is 29.6 Å². The van der Waals surface area contributed by atoms with E-state index in [9.17, 15) is 9.90 Å². The van der Waals surface area contributed by atoms with Gasteiger partial charge in [-0.15, -0.1) is 0 Å². The number of hydrogen-bond donors (Lipinski definition) is 1. The molecule has 1 saturated carbocycles. The monoisotopic (exact) mass is 540 g/mol. The maximum absolute atomic E-state index is 13.3. The second kappa shape index (κ2) is 11.3. The zero-order valence-electron chi connectivity index (χ0n) is 25.6. The van der Waals surface area contributed by atoms with E-state index in [4.69, 9.17) is 13.6 Å². The predicted octanol–water partition coefficient (Wildman–Crippen LogP) is 7.18. The lowest BCUT2D eigenvalue weighted by Crippen LogP contribution is -2.52. The smallest absolute Gasteiger partial charge is 0.309 e. The molecule has 0 amide bonds. The number of ether oxygens (including phenoxy) is 1. The lowest BCUT2D eigenvalue weighted by Gasteiger charge is -2.47. The molecule has 5 nitrogen and oxygen atoms in total. The minimum atomic E-state index is -2.17. The summed E-state index contributed by atoms with van der Waals surface area (Å²) in [7, 11) is -2.71. The van der Waals surface area contributed by atoms with Gasteiger partial charge in [0.05, 0.1) is 25.2 Å². The van der Waals surface area contributed by atoms with Gasteiger partial charge in [0.15, 0.2) is 8.32 Å². The summed E-state index contributed by atoms with van der Waals surface area (Å²) in [4.78, 5) is 13.3. The standard InChI is InChI=1S/C29H56O5Si2/c1-17(2)36(18(3)4,19(5)6)34-27-21(8)26(30)24-22(27)15-20(7)23(25(24)28(31)32-12)16-33-35(13,14)29(9,10)11/h15,17-19,21-27,30H,16H2,1-14H3/t21-,22-,23+,24+,25+,26+,27+/m0/s1. The third kappa shape index (κ3) is 5.61. The van der Waals surface area contributed by atoms with Gasteiger partial charge in [-0.3, -0.25) is 4.79 Å². The highest BCUT2D eigenvalue weighted by Crippen LogP contribution is 2.54. The van der Waals surface area contributed by atoms with E-state index in [-0.39, 0.29) is 40.8 Å². The van der Waals surface area contributed by atoms with Crippen molar-refractivity contribution in [2.45, 2.75) is 123 Å². The van der Waals surface area contributed by atoms with Crippen LogP contribution in [0.5, 0.6) is 0 Å². The summed E-state index contributed by atoms with van der Waals surface area (Å²) in [5, 5.41) is 11.7. The largest absolute Gasteiger partial charge is 0.469 e. The number of methoxy groups -OCH3 is 1. The molecule has 2 aliphatic carbocycles. The van der Waals surface area contributed by atoms with Gasteiger partial charge in [0, 0.05) is 30.3 Å². The molecule has 2 rings (SSSR count). The van der Waals surface area contributed by atoms with Gasteiger partial charge in [-0.2, -0.15) is 0 Å². The first-order valence-corrected chi connectivity index (χ1v) is 19.2. The molecule has 0 spiro atoms. The maximum Gasteiger partial charge on any atom is 0.309 e. The van der Waals surface area contributed by atoms with Crippen molar-refractivity contribution in [3.05, 3.63) is 11.6 Å². The Kier molecular flexibility index (Phi) is 9.99. The van der Waals surface area contributed by atoms with Crippen LogP contribution >= 0.6 is 0 Å². The number of carbonyl (C=O) groups is 1. The Morgan fingerprint density at radius 3 is 1.97 bits per heavy atom. The number of aliphatic hydroxyl groups excluding tert-OH is 1. The summed E-state index contributed by atoms with van der Waals surface area (Å²) in [6.07, 6.45) is 1.58. The van der Waals surface area contributed by atoms with Crippen molar-refractivity contribution in [1.29, 1.82) is 0 Å². The van der Waals surface area contributed by atoms with Crippen molar-refractivity contribution in [3.8, 4) is 0 Å². The van der Waals surface area contributed by atoms with Crippen LogP contribution < -0.4 is 0 Å². The molecule has 2 aliphatic rings. The zero-order valence-corrected chi connectivity index (χ0v) is 27.6. The summed E-state index contributed by atoms with van der Waals surface area (Å²) in [6.45, 7) is 29.7. The van der Waals surface area contributed by atoms with Gasteiger partial charge < -0.3 is 18.7 Å². The van der Waals surface area contributed by atoms with E-state index in [1.54, 1.807) is 0 Å². The zero-order chi connectivity index (χ0) is 28.0. The number of rotatable bonds is 9. The molecule has 7 heteroatoms. The summed E-state index contributed by atoms with van der Waals surface area (Å²) >= 11 is 0. The summed E-state index contributed by atoms with van der Waals surface area (Å²) < 4.78 is 19.3. The van der Waals surface area contributed by atoms with Crippen LogP contribution in [0.1, 0.15) is 76.2 Å². The van der Waals surface area contributed by atoms with E-state index in [1.807, 2.05) is 0 Å². The van der Waals surface area contributed by atoms with Crippen molar-refractivity contribution >= 4 is 22.6 Å². The number of hydrogen-bond acceptors (Lipinski definition) is 5. The van der Waals surface area contributed by atoms with Gasteiger partial charge >= 0.3 is 5.97 Å². The lowest BCUT2D eigenvalue weighted by atomic mass is 9.68. The fraction of sp³-hybridized carbons (Fsp3) is 0.897. The fourth-order valence-corrected chi connectivity index (χ4v) is 13.7. The second-order valence-corrected chi connectivity index (χ2v) is 24.3. The molecule has 0 aromatic heterocycles. The topological polar surface area (TPSA) is 65.0 Å². The molecule has 0 saturated heterocycles. The third-order valence-electron chi connectivity index (χ3n) is 10.1. The quantitative estimate of drug-likeness (QED) is 0.191. The minimum absolute atomic E-state index is 0.00801.